The maximum absolute atomic E-state index is 4.80. The van der Waals surface area contributed by atoms with Crippen LogP contribution in [0.15, 0.2) is 17.5 Å². The van der Waals surface area contributed by atoms with Gasteiger partial charge in [-0.15, -0.1) is 16.4 Å². The van der Waals surface area contributed by atoms with Crippen molar-refractivity contribution in [2.75, 3.05) is 25.0 Å². The lowest BCUT2D eigenvalue weighted by molar-refractivity contribution is 0.195. The highest BCUT2D eigenvalue weighted by Crippen LogP contribution is 2.41. The van der Waals surface area contributed by atoms with E-state index in [1.165, 1.54) is 42.1 Å². The minimum atomic E-state index is 0.584. The highest BCUT2D eigenvalue weighted by atomic mass is 32.1. The molecule has 1 aliphatic heterocycles. The van der Waals surface area contributed by atoms with Gasteiger partial charge in [0.25, 0.3) is 0 Å². The van der Waals surface area contributed by atoms with Crippen LogP contribution in [0.5, 0.6) is 0 Å². The van der Waals surface area contributed by atoms with Crippen molar-refractivity contribution in [3.63, 3.8) is 0 Å². The summed E-state index contributed by atoms with van der Waals surface area (Å²) in [5, 5.41) is 12.4. The number of hydrogen-bond donors (Lipinski definition) is 0. The molecular weight excluding hydrogens is 318 g/mol. The number of anilines is 1. The van der Waals surface area contributed by atoms with Crippen LogP contribution in [0.1, 0.15) is 53.9 Å². The number of thiazole rings is 1. The predicted octanol–water partition coefficient (Wildman–Crippen LogP) is 3.01. The predicted molar refractivity (Wildman–Crippen MR) is 95.6 cm³/mol. The fourth-order valence-corrected chi connectivity index (χ4v) is 4.30. The first-order valence-corrected chi connectivity index (χ1v) is 9.87. The third kappa shape index (κ3) is 2.93. The van der Waals surface area contributed by atoms with Crippen molar-refractivity contribution in [1.82, 2.24) is 20.1 Å². The molecule has 0 unspecified atom stereocenters. The van der Waals surface area contributed by atoms with E-state index in [1.54, 1.807) is 0 Å². The van der Waals surface area contributed by atoms with Crippen LogP contribution in [-0.2, 0) is 6.54 Å². The summed E-state index contributed by atoms with van der Waals surface area (Å²) < 4.78 is 0. The van der Waals surface area contributed by atoms with Crippen molar-refractivity contribution in [2.24, 2.45) is 0 Å². The van der Waals surface area contributed by atoms with Crippen LogP contribution in [0.3, 0.4) is 0 Å². The Morgan fingerprint density at radius 2 is 1.92 bits per heavy atom. The van der Waals surface area contributed by atoms with Crippen molar-refractivity contribution in [2.45, 2.75) is 50.1 Å². The van der Waals surface area contributed by atoms with Crippen molar-refractivity contribution >= 4 is 17.2 Å². The molecule has 2 aromatic heterocycles. The summed E-state index contributed by atoms with van der Waals surface area (Å²) in [5.74, 6) is 2.47. The van der Waals surface area contributed by atoms with Crippen LogP contribution in [0.2, 0.25) is 0 Å². The number of likely N-dealkylation sites (N-methyl/N-ethyl adjacent to an activating group) is 1. The zero-order valence-electron chi connectivity index (χ0n) is 14.1. The average molecular weight is 341 g/mol. The monoisotopic (exact) mass is 341 g/mol. The van der Waals surface area contributed by atoms with E-state index in [1.807, 2.05) is 11.3 Å². The fraction of sp³-hybridized carbons (Fsp3) is 0.611. The van der Waals surface area contributed by atoms with Crippen LogP contribution in [-0.4, -0.2) is 46.3 Å². The third-order valence-electron chi connectivity index (χ3n) is 5.38. The lowest BCUT2D eigenvalue weighted by Gasteiger charge is -2.44. The van der Waals surface area contributed by atoms with Crippen LogP contribution in [0.4, 0.5) is 5.82 Å². The molecule has 0 N–H and O–H groups in total. The molecule has 2 aliphatic carbocycles. The second-order valence-electron chi connectivity index (χ2n) is 7.52. The molecule has 6 heteroatoms. The molecule has 3 heterocycles. The largest absolute Gasteiger partial charge is 0.352 e. The van der Waals surface area contributed by atoms with Crippen LogP contribution in [0, 0.1) is 0 Å². The van der Waals surface area contributed by atoms with Gasteiger partial charge in [0.15, 0.2) is 5.82 Å². The Bertz CT molecular complexity index is 713. The molecule has 126 valence electrons. The number of nitrogens with zero attached hydrogens (tertiary/aromatic N) is 5. The Kier molecular flexibility index (Phi) is 3.56. The molecule has 0 amide bonds. The van der Waals surface area contributed by atoms with Gasteiger partial charge >= 0.3 is 0 Å². The second-order valence-corrected chi connectivity index (χ2v) is 8.41. The van der Waals surface area contributed by atoms with Gasteiger partial charge in [0.2, 0.25) is 0 Å². The average Bonchev–Trinajstić information content (AvgIpc) is 3.46. The Morgan fingerprint density at radius 1 is 1.12 bits per heavy atom. The molecule has 1 saturated heterocycles. The van der Waals surface area contributed by atoms with E-state index >= 15 is 0 Å². The molecule has 2 aromatic rings. The summed E-state index contributed by atoms with van der Waals surface area (Å²) in [6, 6.07) is 4.88. The zero-order valence-corrected chi connectivity index (χ0v) is 14.9. The summed E-state index contributed by atoms with van der Waals surface area (Å²) in [4.78, 5) is 9.55. The van der Waals surface area contributed by atoms with E-state index in [4.69, 9.17) is 4.98 Å². The van der Waals surface area contributed by atoms with Gasteiger partial charge in [-0.1, -0.05) is 0 Å². The van der Waals surface area contributed by atoms with Gasteiger partial charge < -0.3 is 4.90 Å². The van der Waals surface area contributed by atoms with Gasteiger partial charge in [0, 0.05) is 42.9 Å². The minimum Gasteiger partial charge on any atom is -0.352 e. The molecular formula is C18H23N5S. The SMILES string of the molecule is CN(Cc1csc(C2CC2)n1)C1CN(c2ccc(C3CC3)nn2)C1. The van der Waals surface area contributed by atoms with Crippen molar-refractivity contribution in [3.05, 3.63) is 33.9 Å². The maximum atomic E-state index is 4.80. The maximum Gasteiger partial charge on any atom is 0.151 e. The molecule has 0 bridgehead atoms. The smallest absolute Gasteiger partial charge is 0.151 e. The molecule has 2 saturated carbocycles. The first kappa shape index (κ1) is 14.8. The molecule has 3 fully saturated rings. The Morgan fingerprint density at radius 3 is 2.58 bits per heavy atom. The summed E-state index contributed by atoms with van der Waals surface area (Å²) in [6.45, 7) is 3.02. The lowest BCUT2D eigenvalue weighted by atomic mass is 10.1. The molecule has 3 aliphatic rings. The molecule has 0 radical (unpaired) electrons. The Hall–Kier alpha value is -1.53. The molecule has 0 aromatic carbocycles. The van der Waals surface area contributed by atoms with E-state index in [9.17, 15) is 0 Å². The minimum absolute atomic E-state index is 0.584. The molecule has 5 nitrogen and oxygen atoms in total. The van der Waals surface area contributed by atoms with Gasteiger partial charge in [-0.2, -0.15) is 5.10 Å². The fourth-order valence-electron chi connectivity index (χ4n) is 3.32. The van der Waals surface area contributed by atoms with Crippen molar-refractivity contribution in [1.29, 1.82) is 0 Å². The van der Waals surface area contributed by atoms with Crippen molar-refractivity contribution < 1.29 is 0 Å². The van der Waals surface area contributed by atoms with Gasteiger partial charge in [-0.3, -0.25) is 4.90 Å². The topological polar surface area (TPSA) is 45.2 Å². The standard InChI is InChI=1S/C18H23N5S/c1-22(8-14-11-24-18(19-14)13-4-5-13)15-9-23(10-15)17-7-6-16(20-21-17)12-2-3-12/h6-7,11-13,15H,2-5,8-10H2,1H3. The van der Waals surface area contributed by atoms with Gasteiger partial charge in [-0.25, -0.2) is 4.98 Å². The summed E-state index contributed by atoms with van der Waals surface area (Å²) in [6.07, 6.45) is 5.23. The summed E-state index contributed by atoms with van der Waals surface area (Å²) >= 11 is 1.84. The quantitative estimate of drug-likeness (QED) is 0.808. The van der Waals surface area contributed by atoms with E-state index in [0.717, 1.165) is 31.4 Å². The molecule has 5 rings (SSSR count). The second kappa shape index (κ2) is 5.77. The normalized spacial score (nSPS) is 21.3. The van der Waals surface area contributed by atoms with E-state index in [-0.39, 0.29) is 0 Å². The summed E-state index contributed by atoms with van der Waals surface area (Å²) in [5.41, 5.74) is 2.40. The highest BCUT2D eigenvalue weighted by Gasteiger charge is 2.32. The van der Waals surface area contributed by atoms with Crippen molar-refractivity contribution in [3.8, 4) is 0 Å². The molecule has 0 atom stereocenters. The van der Waals surface area contributed by atoms with Crippen LogP contribution in [0.25, 0.3) is 0 Å². The number of rotatable bonds is 6. The Balaban J connectivity index is 1.14. The van der Waals surface area contributed by atoms with Gasteiger partial charge in [0.1, 0.15) is 0 Å². The Labute approximate surface area is 146 Å². The lowest BCUT2D eigenvalue weighted by Crippen LogP contribution is -2.58. The number of hydrogen-bond acceptors (Lipinski definition) is 6. The summed E-state index contributed by atoms with van der Waals surface area (Å²) in [7, 11) is 2.21. The molecule has 24 heavy (non-hydrogen) atoms. The van der Waals surface area contributed by atoms with E-state index in [2.05, 4.69) is 44.6 Å². The van der Waals surface area contributed by atoms with E-state index in [0.29, 0.717) is 12.0 Å². The first-order chi connectivity index (χ1) is 11.8. The number of aromatic nitrogens is 3. The first-order valence-electron chi connectivity index (χ1n) is 8.99. The van der Waals surface area contributed by atoms with E-state index < -0.39 is 0 Å². The van der Waals surface area contributed by atoms with Gasteiger partial charge in [-0.05, 0) is 44.9 Å². The van der Waals surface area contributed by atoms with Gasteiger partial charge in [0.05, 0.1) is 16.4 Å². The zero-order chi connectivity index (χ0) is 16.1. The molecule has 0 spiro atoms. The van der Waals surface area contributed by atoms with Crippen LogP contribution < -0.4 is 4.90 Å². The third-order valence-corrected chi connectivity index (χ3v) is 6.44. The highest BCUT2D eigenvalue weighted by molar-refractivity contribution is 7.09. The van der Waals surface area contributed by atoms with Crippen LogP contribution >= 0.6 is 11.3 Å².